The summed E-state index contributed by atoms with van der Waals surface area (Å²) in [5.74, 6) is 0. The Labute approximate surface area is 158 Å². The normalized spacial score (nSPS) is 10.8. The van der Waals surface area contributed by atoms with E-state index >= 15 is 0 Å². The molecule has 23 heavy (non-hydrogen) atoms. The van der Waals surface area contributed by atoms with Gasteiger partial charge in [0.15, 0.2) is 3.95 Å². The molecule has 0 aliphatic rings. The van der Waals surface area contributed by atoms with Crippen LogP contribution in [-0.2, 0) is 0 Å². The van der Waals surface area contributed by atoms with Crippen LogP contribution in [0.1, 0.15) is 59.3 Å². The largest absolute Gasteiger partial charge is 0.337 e. The first kappa shape index (κ1) is 21.2. The number of benzene rings is 1. The van der Waals surface area contributed by atoms with Crippen LogP contribution in [0.5, 0.6) is 0 Å². The van der Waals surface area contributed by atoms with Crippen molar-refractivity contribution in [2.45, 2.75) is 72.6 Å². The van der Waals surface area contributed by atoms with Gasteiger partial charge in [-0.3, -0.25) is 0 Å². The van der Waals surface area contributed by atoms with Gasteiger partial charge in [-0.05, 0) is 24.4 Å². The predicted molar refractivity (Wildman–Crippen MR) is 112 cm³/mol. The number of aromatic amines is 1. The van der Waals surface area contributed by atoms with Crippen molar-refractivity contribution in [3.63, 3.8) is 0 Å². The first-order valence-electron chi connectivity index (χ1n) is 9.12. The van der Waals surface area contributed by atoms with Gasteiger partial charge in [-0.2, -0.15) is 0 Å². The van der Waals surface area contributed by atoms with Crippen LogP contribution in [0.3, 0.4) is 0 Å². The van der Waals surface area contributed by atoms with Crippen LogP contribution < -0.4 is 0 Å². The van der Waals surface area contributed by atoms with E-state index in [2.05, 4.69) is 31.8 Å². The summed E-state index contributed by atoms with van der Waals surface area (Å²) in [6.07, 6.45) is 8.85. The molecule has 0 aliphatic carbocycles. The van der Waals surface area contributed by atoms with E-state index in [0.29, 0.717) is 0 Å². The van der Waals surface area contributed by atoms with Gasteiger partial charge in [0.2, 0.25) is 0 Å². The Balaban J connectivity index is 0.000000235. The molecule has 1 heterocycles. The molecule has 0 saturated heterocycles. The van der Waals surface area contributed by atoms with E-state index in [0.717, 1.165) is 9.47 Å². The minimum absolute atomic E-state index is 0.839. The topological polar surface area (TPSA) is 15.8 Å². The third-order valence-electron chi connectivity index (χ3n) is 3.98. The molecule has 0 amide bonds. The van der Waals surface area contributed by atoms with Crippen LogP contribution in [0.25, 0.3) is 10.2 Å². The molecule has 0 atom stereocenters. The molecule has 2 rings (SSSR count). The molecule has 0 fully saturated rings. The first-order chi connectivity index (χ1) is 11.2. The Morgan fingerprint density at radius 1 is 0.913 bits per heavy atom. The van der Waals surface area contributed by atoms with Crippen LogP contribution >= 0.6 is 23.6 Å². The fraction of sp³-hybridized carbons (Fsp3) is 0.632. The van der Waals surface area contributed by atoms with Gasteiger partial charge >= 0.3 is 92.4 Å². The molecule has 1 nitrogen and oxygen atoms in total. The Kier molecular flexibility index (Phi) is 12.4. The molecule has 129 valence electrons. The number of unbranched alkanes of at least 4 members (excludes halogenated alkanes) is 3. The van der Waals surface area contributed by atoms with Gasteiger partial charge in [0.25, 0.3) is 0 Å². The number of fused-ring (bicyclic) bond motifs is 1. The van der Waals surface area contributed by atoms with Gasteiger partial charge in [0.1, 0.15) is 0 Å². The average molecular weight is 457 g/mol. The summed E-state index contributed by atoms with van der Waals surface area (Å²) in [6, 6.07) is 8.11. The minimum atomic E-state index is -0.839. The number of aromatic nitrogens is 1. The van der Waals surface area contributed by atoms with Crippen molar-refractivity contribution in [3.8, 4) is 0 Å². The number of thiazole rings is 1. The van der Waals surface area contributed by atoms with E-state index in [1.165, 1.54) is 43.2 Å². The van der Waals surface area contributed by atoms with Gasteiger partial charge in [-0.15, -0.1) is 11.3 Å². The zero-order chi connectivity index (χ0) is 16.9. The first-order valence-corrected chi connectivity index (χ1v) is 16.4. The van der Waals surface area contributed by atoms with Gasteiger partial charge in [-0.1, -0.05) is 12.1 Å². The minimum Gasteiger partial charge on any atom is -0.337 e. The summed E-state index contributed by atoms with van der Waals surface area (Å²) in [7, 11) is 0. The van der Waals surface area contributed by atoms with Crippen molar-refractivity contribution in [2.24, 2.45) is 0 Å². The van der Waals surface area contributed by atoms with E-state index in [1.807, 2.05) is 18.2 Å². The van der Waals surface area contributed by atoms with E-state index < -0.39 is 19.8 Å². The van der Waals surface area contributed by atoms with Crippen LogP contribution in [0.15, 0.2) is 24.3 Å². The van der Waals surface area contributed by atoms with Crippen molar-refractivity contribution in [2.75, 3.05) is 0 Å². The molecule has 1 aromatic carbocycles. The number of rotatable bonds is 9. The molecule has 1 N–H and O–H groups in total. The van der Waals surface area contributed by atoms with Gasteiger partial charge in [0, 0.05) is 0 Å². The summed E-state index contributed by atoms with van der Waals surface area (Å²) in [5.41, 5.74) is 1.14. The SMILES string of the molecule is CCC[CH2][Sn]([CH2]CCC)[CH2]CCC.S=c1[nH]c2ccccc2s1. The van der Waals surface area contributed by atoms with E-state index in [-0.39, 0.29) is 0 Å². The van der Waals surface area contributed by atoms with Gasteiger partial charge in [0.05, 0.1) is 10.2 Å². The molecular formula is C19H32NS2Sn. The van der Waals surface area contributed by atoms with Crippen molar-refractivity contribution in [1.82, 2.24) is 4.98 Å². The summed E-state index contributed by atoms with van der Waals surface area (Å²) in [4.78, 5) is 3.09. The average Bonchev–Trinajstić information content (AvgIpc) is 2.95. The number of para-hydroxylation sites is 1. The van der Waals surface area contributed by atoms with Gasteiger partial charge < -0.3 is 4.98 Å². The van der Waals surface area contributed by atoms with Crippen molar-refractivity contribution >= 4 is 53.5 Å². The molecule has 1 radical (unpaired) electrons. The second-order valence-corrected chi connectivity index (χ2v) is 16.4. The van der Waals surface area contributed by atoms with Crippen molar-refractivity contribution < 1.29 is 0 Å². The van der Waals surface area contributed by atoms with Crippen LogP contribution in [-0.4, -0.2) is 24.7 Å². The molecule has 0 saturated carbocycles. The fourth-order valence-corrected chi connectivity index (χ4v) is 13.1. The molecule has 0 spiro atoms. The molecule has 1 aromatic heterocycles. The maximum absolute atomic E-state index is 4.98. The third-order valence-corrected chi connectivity index (χ3v) is 14.3. The summed E-state index contributed by atoms with van der Waals surface area (Å²) >= 11 is 5.75. The van der Waals surface area contributed by atoms with Crippen LogP contribution in [0.4, 0.5) is 0 Å². The second kappa shape index (κ2) is 13.4. The Morgan fingerprint density at radius 3 is 1.91 bits per heavy atom. The molecule has 0 unspecified atom stereocenters. The molecule has 0 bridgehead atoms. The fourth-order valence-electron chi connectivity index (χ4n) is 2.55. The maximum Gasteiger partial charge on any atom is 0.159 e. The molecular weight excluding hydrogens is 425 g/mol. The van der Waals surface area contributed by atoms with Gasteiger partial charge in [-0.25, -0.2) is 0 Å². The number of hydrogen-bond donors (Lipinski definition) is 1. The number of hydrogen-bond acceptors (Lipinski definition) is 2. The van der Waals surface area contributed by atoms with Crippen LogP contribution in [0, 0.1) is 3.95 Å². The zero-order valence-corrected chi connectivity index (χ0v) is 19.5. The summed E-state index contributed by atoms with van der Waals surface area (Å²) in [5, 5.41) is 0. The Morgan fingerprint density at radius 2 is 1.43 bits per heavy atom. The Bertz CT molecular complexity index is 521. The quantitative estimate of drug-likeness (QED) is 0.300. The smallest absolute Gasteiger partial charge is 0.159 e. The van der Waals surface area contributed by atoms with E-state index in [9.17, 15) is 0 Å². The molecule has 4 heteroatoms. The summed E-state index contributed by atoms with van der Waals surface area (Å²) in [6.45, 7) is 7.00. The second-order valence-electron chi connectivity index (χ2n) is 6.07. The van der Waals surface area contributed by atoms with Crippen LogP contribution in [0.2, 0.25) is 13.3 Å². The Hall–Kier alpha value is 0.129. The standard InChI is InChI=1S/C7H5NS2.3C4H9.Sn/c9-7-8-5-3-1-2-4-6(5)10-7;3*1-3-4-2;/h1-4H,(H,8,9);3*1,3-4H2,2H3;. The summed E-state index contributed by atoms with van der Waals surface area (Å²) < 4.78 is 7.12. The molecule has 0 aliphatic heterocycles. The monoisotopic (exact) mass is 458 g/mol. The maximum atomic E-state index is 4.98. The van der Waals surface area contributed by atoms with E-state index in [1.54, 1.807) is 24.6 Å². The van der Waals surface area contributed by atoms with Crippen molar-refractivity contribution in [1.29, 1.82) is 0 Å². The van der Waals surface area contributed by atoms with Crippen molar-refractivity contribution in [3.05, 3.63) is 28.2 Å². The number of H-pyrrole nitrogens is 1. The zero-order valence-electron chi connectivity index (χ0n) is 15.0. The van der Waals surface area contributed by atoms with E-state index in [4.69, 9.17) is 12.2 Å². The molecule has 2 aromatic rings. The predicted octanol–water partition coefficient (Wildman–Crippen LogP) is 7.84. The third kappa shape index (κ3) is 9.25. The number of nitrogens with one attached hydrogen (secondary N) is 1.